The minimum absolute atomic E-state index is 0.0793. The van der Waals surface area contributed by atoms with Crippen molar-refractivity contribution in [2.75, 3.05) is 11.5 Å². The molecule has 2 unspecified atom stereocenters. The minimum Gasteiger partial charge on any atom is -0.344 e. The number of carbonyl (C=O) groups excluding carboxylic acids is 2. The monoisotopic (exact) mass is 286 g/mol. The van der Waals surface area contributed by atoms with Crippen LogP contribution in [0.5, 0.6) is 0 Å². The first-order valence-corrected chi connectivity index (χ1v) is 8.60. The van der Waals surface area contributed by atoms with Crippen molar-refractivity contribution >= 4 is 21.7 Å². The van der Waals surface area contributed by atoms with E-state index in [4.69, 9.17) is 0 Å². The molecule has 2 amide bonds. The number of rotatable bonds is 3. The topological polar surface area (TPSA) is 83.6 Å². The highest BCUT2D eigenvalue weighted by molar-refractivity contribution is 7.91. The minimum atomic E-state index is -3.00. The molecule has 2 heterocycles. The molecule has 1 saturated carbocycles. The molecular weight excluding hydrogens is 268 g/mol. The molecule has 0 spiro atoms. The predicted octanol–water partition coefficient (Wildman–Crippen LogP) is -0.557. The molecule has 3 aliphatic rings. The Bertz CT molecular complexity index is 512. The molecule has 7 heteroatoms. The smallest absolute Gasteiger partial charge is 0.245 e. The van der Waals surface area contributed by atoms with Crippen LogP contribution in [-0.4, -0.2) is 54.8 Å². The number of hydrogen-bond donors (Lipinski definition) is 1. The largest absolute Gasteiger partial charge is 0.344 e. The zero-order chi connectivity index (χ0) is 13.6. The van der Waals surface area contributed by atoms with E-state index in [0.717, 1.165) is 12.8 Å². The maximum atomic E-state index is 12.5. The Morgan fingerprint density at radius 2 is 1.89 bits per heavy atom. The Morgan fingerprint density at radius 3 is 2.37 bits per heavy atom. The SMILES string of the molecule is O=C1CCC(C(=O)N(C2CC2)C2CCS(=O)(=O)C2)N1. The van der Waals surface area contributed by atoms with Gasteiger partial charge in [0.25, 0.3) is 0 Å². The fourth-order valence-electron chi connectivity index (χ4n) is 2.98. The average molecular weight is 286 g/mol. The highest BCUT2D eigenvalue weighted by Crippen LogP contribution is 2.33. The van der Waals surface area contributed by atoms with Crippen molar-refractivity contribution in [1.82, 2.24) is 10.2 Å². The highest BCUT2D eigenvalue weighted by atomic mass is 32.2. The summed E-state index contributed by atoms with van der Waals surface area (Å²) in [6.07, 6.45) is 3.34. The van der Waals surface area contributed by atoms with E-state index in [-0.39, 0.29) is 35.4 Å². The summed E-state index contributed by atoms with van der Waals surface area (Å²) in [5.74, 6) is 0.0739. The second-order valence-electron chi connectivity index (χ2n) is 5.69. The third-order valence-corrected chi connectivity index (χ3v) is 5.84. The molecule has 0 aromatic carbocycles. The quantitative estimate of drug-likeness (QED) is 0.754. The van der Waals surface area contributed by atoms with Gasteiger partial charge in [-0.25, -0.2) is 8.42 Å². The van der Waals surface area contributed by atoms with Crippen LogP contribution in [0, 0.1) is 0 Å². The fraction of sp³-hybridized carbons (Fsp3) is 0.833. The Balaban J connectivity index is 1.74. The maximum Gasteiger partial charge on any atom is 0.245 e. The van der Waals surface area contributed by atoms with Crippen LogP contribution in [0.2, 0.25) is 0 Å². The van der Waals surface area contributed by atoms with Gasteiger partial charge in [-0.05, 0) is 25.7 Å². The summed E-state index contributed by atoms with van der Waals surface area (Å²) in [7, 11) is -3.00. The van der Waals surface area contributed by atoms with Crippen LogP contribution in [0.1, 0.15) is 32.1 Å². The predicted molar refractivity (Wildman–Crippen MR) is 68.1 cm³/mol. The number of nitrogens with zero attached hydrogens (tertiary/aromatic N) is 1. The van der Waals surface area contributed by atoms with Crippen LogP contribution in [-0.2, 0) is 19.4 Å². The van der Waals surface area contributed by atoms with E-state index in [2.05, 4.69) is 5.32 Å². The van der Waals surface area contributed by atoms with Gasteiger partial charge in [-0.15, -0.1) is 0 Å². The third kappa shape index (κ3) is 2.61. The van der Waals surface area contributed by atoms with Crippen LogP contribution < -0.4 is 5.32 Å². The van der Waals surface area contributed by atoms with E-state index in [0.29, 0.717) is 19.3 Å². The van der Waals surface area contributed by atoms with Gasteiger partial charge in [-0.1, -0.05) is 0 Å². The summed E-state index contributed by atoms with van der Waals surface area (Å²) < 4.78 is 23.2. The zero-order valence-corrected chi connectivity index (χ0v) is 11.5. The summed E-state index contributed by atoms with van der Waals surface area (Å²) in [6, 6.07) is -0.456. The van der Waals surface area contributed by atoms with Crippen LogP contribution >= 0.6 is 0 Å². The van der Waals surface area contributed by atoms with Crippen molar-refractivity contribution in [2.24, 2.45) is 0 Å². The molecule has 6 nitrogen and oxygen atoms in total. The normalized spacial score (nSPS) is 33.2. The lowest BCUT2D eigenvalue weighted by atomic mass is 10.1. The second kappa shape index (κ2) is 4.47. The van der Waals surface area contributed by atoms with Crippen molar-refractivity contribution in [3.63, 3.8) is 0 Å². The lowest BCUT2D eigenvalue weighted by Gasteiger charge is -2.30. The standard InChI is InChI=1S/C12H18N2O4S/c15-11-4-3-10(13-11)12(16)14(8-1-2-8)9-5-6-19(17,18)7-9/h8-10H,1-7H2,(H,13,15). The summed E-state index contributed by atoms with van der Waals surface area (Å²) >= 11 is 0. The third-order valence-electron chi connectivity index (χ3n) is 4.09. The van der Waals surface area contributed by atoms with Crippen LogP contribution in [0.15, 0.2) is 0 Å². The molecule has 0 radical (unpaired) electrons. The molecule has 1 N–H and O–H groups in total. The molecule has 2 atom stereocenters. The van der Waals surface area contributed by atoms with Crippen LogP contribution in [0.25, 0.3) is 0 Å². The molecule has 106 valence electrons. The van der Waals surface area contributed by atoms with Crippen molar-refractivity contribution in [1.29, 1.82) is 0 Å². The number of hydrogen-bond acceptors (Lipinski definition) is 4. The molecule has 1 aliphatic carbocycles. The van der Waals surface area contributed by atoms with Gasteiger partial charge in [0.05, 0.1) is 11.5 Å². The Morgan fingerprint density at radius 1 is 1.16 bits per heavy atom. The molecule has 3 fully saturated rings. The van der Waals surface area contributed by atoms with E-state index in [1.807, 2.05) is 0 Å². The highest BCUT2D eigenvalue weighted by Gasteiger charge is 2.44. The maximum absolute atomic E-state index is 12.5. The number of sulfone groups is 1. The van der Waals surface area contributed by atoms with Crippen LogP contribution in [0.3, 0.4) is 0 Å². The van der Waals surface area contributed by atoms with Gasteiger partial charge in [-0.2, -0.15) is 0 Å². The van der Waals surface area contributed by atoms with Gasteiger partial charge < -0.3 is 10.2 Å². The molecule has 2 saturated heterocycles. The lowest BCUT2D eigenvalue weighted by molar-refractivity contribution is -0.136. The van der Waals surface area contributed by atoms with E-state index in [1.165, 1.54) is 0 Å². The zero-order valence-electron chi connectivity index (χ0n) is 10.7. The summed E-state index contributed by atoms with van der Waals surface area (Å²) in [6.45, 7) is 0. The Kier molecular flexibility index (Phi) is 3.03. The summed E-state index contributed by atoms with van der Waals surface area (Å²) in [4.78, 5) is 25.5. The molecule has 0 bridgehead atoms. The Hall–Kier alpha value is -1.11. The molecule has 19 heavy (non-hydrogen) atoms. The lowest BCUT2D eigenvalue weighted by Crippen LogP contribution is -2.50. The summed E-state index contributed by atoms with van der Waals surface area (Å²) in [5.41, 5.74) is 0. The van der Waals surface area contributed by atoms with Crippen molar-refractivity contribution in [3.05, 3.63) is 0 Å². The first-order chi connectivity index (χ1) is 8.96. The van der Waals surface area contributed by atoms with Gasteiger partial charge >= 0.3 is 0 Å². The Labute approximate surface area is 112 Å². The van der Waals surface area contributed by atoms with Gasteiger partial charge in [0, 0.05) is 18.5 Å². The fourth-order valence-corrected chi connectivity index (χ4v) is 4.70. The molecule has 0 aromatic heterocycles. The van der Waals surface area contributed by atoms with E-state index in [9.17, 15) is 18.0 Å². The van der Waals surface area contributed by atoms with Crippen molar-refractivity contribution in [3.8, 4) is 0 Å². The average Bonchev–Trinajstić information content (AvgIpc) is 2.96. The molecule has 3 rings (SSSR count). The second-order valence-corrected chi connectivity index (χ2v) is 7.92. The number of nitrogens with one attached hydrogen (secondary N) is 1. The molecule has 0 aromatic rings. The van der Waals surface area contributed by atoms with E-state index >= 15 is 0 Å². The molecular formula is C12H18N2O4S. The van der Waals surface area contributed by atoms with Gasteiger partial charge in [0.1, 0.15) is 6.04 Å². The van der Waals surface area contributed by atoms with Gasteiger partial charge in [0.2, 0.25) is 11.8 Å². The summed E-state index contributed by atoms with van der Waals surface area (Å²) in [5, 5.41) is 2.68. The molecule has 2 aliphatic heterocycles. The van der Waals surface area contributed by atoms with Gasteiger partial charge in [0.15, 0.2) is 9.84 Å². The number of amides is 2. The van der Waals surface area contributed by atoms with Crippen LogP contribution in [0.4, 0.5) is 0 Å². The van der Waals surface area contributed by atoms with E-state index in [1.54, 1.807) is 4.90 Å². The van der Waals surface area contributed by atoms with Crippen molar-refractivity contribution < 1.29 is 18.0 Å². The first-order valence-electron chi connectivity index (χ1n) is 6.78. The first kappa shape index (κ1) is 12.9. The van der Waals surface area contributed by atoms with E-state index < -0.39 is 15.9 Å². The van der Waals surface area contributed by atoms with Gasteiger partial charge in [-0.3, -0.25) is 9.59 Å². The van der Waals surface area contributed by atoms with Crippen molar-refractivity contribution in [2.45, 2.75) is 50.2 Å². The number of carbonyl (C=O) groups is 2.